The van der Waals surface area contributed by atoms with Crippen LogP contribution < -0.4 is 0 Å². The van der Waals surface area contributed by atoms with E-state index in [0.29, 0.717) is 32.5 Å². The van der Waals surface area contributed by atoms with Gasteiger partial charge in [-0.05, 0) is 32.1 Å². The number of carbonyl (C=O) groups is 3. The molecule has 6 rings (SSSR count). The molecule has 0 N–H and O–H groups in total. The molecule has 0 aromatic carbocycles. The fraction of sp³-hybridized carbons (Fsp3) is 0.867. The quantitative estimate of drug-likeness (QED) is 0.297. The highest BCUT2D eigenvalue weighted by Crippen LogP contribution is 2.80. The van der Waals surface area contributed by atoms with Crippen LogP contribution in [-0.2, 0) is 47.5 Å². The van der Waals surface area contributed by atoms with Gasteiger partial charge >= 0.3 is 17.9 Å². The third-order valence-electron chi connectivity index (χ3n) is 11.6. The molecule has 6 aliphatic rings. The van der Waals surface area contributed by atoms with E-state index in [0.717, 1.165) is 6.42 Å². The summed E-state index contributed by atoms with van der Waals surface area (Å²) in [6.45, 7) is 6.90. The molecule has 0 saturated heterocycles. The number of methoxy groups -OCH3 is 3. The first-order valence-electron chi connectivity index (χ1n) is 14.8. The topological polar surface area (TPSA) is 128 Å². The Balaban J connectivity index is 1.62. The first-order chi connectivity index (χ1) is 19.5. The van der Waals surface area contributed by atoms with Gasteiger partial charge in [-0.15, -0.1) is 0 Å². The highest BCUT2D eigenvalue weighted by molar-refractivity contribution is 5.74. The molecule has 11 heteroatoms. The Kier molecular flexibility index (Phi) is 6.88. The molecule has 0 aromatic rings. The molecule has 13 atom stereocenters. The lowest BCUT2D eigenvalue weighted by Crippen LogP contribution is -2.72. The van der Waals surface area contributed by atoms with Gasteiger partial charge in [-0.25, -0.2) is 0 Å². The zero-order chi connectivity index (χ0) is 29.5. The van der Waals surface area contributed by atoms with Gasteiger partial charge < -0.3 is 33.2 Å². The van der Waals surface area contributed by atoms with Gasteiger partial charge in [0.25, 0.3) is 0 Å². The van der Waals surface area contributed by atoms with Crippen molar-refractivity contribution in [3.63, 3.8) is 0 Å². The molecular weight excluding hydrogens is 534 g/mol. The summed E-state index contributed by atoms with van der Waals surface area (Å²) in [6.07, 6.45) is 2.14. The first-order valence-corrected chi connectivity index (χ1v) is 14.8. The predicted octanol–water partition coefficient (Wildman–Crippen LogP) is 2.12. The molecule has 0 unspecified atom stereocenters. The maximum Gasteiger partial charge on any atom is 0.303 e. The predicted molar refractivity (Wildman–Crippen MR) is 143 cm³/mol. The molecule has 0 radical (unpaired) electrons. The van der Waals surface area contributed by atoms with Crippen molar-refractivity contribution in [2.24, 2.45) is 39.5 Å². The second kappa shape index (κ2) is 9.72. The van der Waals surface area contributed by atoms with Crippen molar-refractivity contribution in [1.82, 2.24) is 0 Å². The average molecular weight is 578 g/mol. The Bertz CT molecular complexity index is 1140. The van der Waals surface area contributed by atoms with Gasteiger partial charge in [-0.2, -0.15) is 0 Å². The van der Waals surface area contributed by atoms with Crippen LogP contribution in [0.5, 0.6) is 0 Å². The van der Waals surface area contributed by atoms with Gasteiger partial charge in [0, 0.05) is 84.5 Å². The van der Waals surface area contributed by atoms with E-state index in [1.165, 1.54) is 20.8 Å². The fourth-order valence-corrected chi connectivity index (χ4v) is 11.2. The SMILES string of the molecule is CCO[C@]12C[C@H](OC)[C@@]3(OC(C)=O)C[C@H]([C@@H]1[C@H]3OC(C)=O)[C@@]13CC[C@@H](OC(C)=O)[C@@]4(COC)C=N[C@@H]1[C@H]2[C@H](OC)[C@H]43. The Labute approximate surface area is 240 Å². The smallest absolute Gasteiger partial charge is 0.303 e. The van der Waals surface area contributed by atoms with E-state index in [1.807, 2.05) is 13.1 Å². The van der Waals surface area contributed by atoms with Gasteiger partial charge in [0.2, 0.25) is 0 Å². The second-order valence-electron chi connectivity index (χ2n) is 13.0. The molecule has 1 aliphatic heterocycles. The lowest BCUT2D eigenvalue weighted by molar-refractivity contribution is -0.274. The third-order valence-corrected chi connectivity index (χ3v) is 11.6. The summed E-state index contributed by atoms with van der Waals surface area (Å²) < 4.78 is 43.7. The normalized spacial score (nSPS) is 49.9. The van der Waals surface area contributed by atoms with Gasteiger partial charge in [0.15, 0.2) is 5.60 Å². The summed E-state index contributed by atoms with van der Waals surface area (Å²) in [7, 11) is 4.99. The number of aliphatic imine (C=N–C) groups is 1. The fourth-order valence-electron chi connectivity index (χ4n) is 11.2. The van der Waals surface area contributed by atoms with E-state index < -0.39 is 52.3 Å². The molecule has 1 spiro atoms. The third kappa shape index (κ3) is 3.46. The number of ether oxygens (including phenoxy) is 7. The van der Waals surface area contributed by atoms with Crippen molar-refractivity contribution in [3.8, 4) is 0 Å². The molecule has 41 heavy (non-hydrogen) atoms. The van der Waals surface area contributed by atoms with Crippen LogP contribution in [0.15, 0.2) is 4.99 Å². The van der Waals surface area contributed by atoms with E-state index in [1.54, 1.807) is 21.3 Å². The number of rotatable bonds is 9. The summed E-state index contributed by atoms with van der Waals surface area (Å²) in [4.78, 5) is 43.0. The van der Waals surface area contributed by atoms with E-state index in [2.05, 4.69) is 0 Å². The van der Waals surface area contributed by atoms with Crippen LogP contribution >= 0.6 is 0 Å². The molecule has 11 nitrogen and oxygen atoms in total. The molecule has 7 bridgehead atoms. The highest BCUT2D eigenvalue weighted by atomic mass is 16.6. The molecule has 5 saturated carbocycles. The number of carbonyl (C=O) groups excluding carboxylic acids is 3. The number of fused-ring (bicyclic) bond motifs is 2. The Morgan fingerprint density at radius 3 is 2.22 bits per heavy atom. The minimum absolute atomic E-state index is 0.101. The van der Waals surface area contributed by atoms with Gasteiger partial charge in [-0.3, -0.25) is 19.4 Å². The van der Waals surface area contributed by atoms with Crippen molar-refractivity contribution in [3.05, 3.63) is 0 Å². The second-order valence-corrected chi connectivity index (χ2v) is 13.0. The van der Waals surface area contributed by atoms with Gasteiger partial charge in [0.1, 0.15) is 18.3 Å². The van der Waals surface area contributed by atoms with Crippen molar-refractivity contribution in [2.45, 2.75) is 95.0 Å². The van der Waals surface area contributed by atoms with E-state index in [-0.39, 0.29) is 41.8 Å². The molecule has 1 heterocycles. The van der Waals surface area contributed by atoms with E-state index >= 15 is 0 Å². The Hall–Kier alpha value is -2.08. The minimum atomic E-state index is -1.17. The molecule has 0 amide bonds. The van der Waals surface area contributed by atoms with E-state index in [4.69, 9.17) is 38.2 Å². The standard InChI is InChI=1S/C30H43NO10/c1-8-38-30-12-20(36-6)29(41-17(4)34)11-18(21(30)26(29)40-16(3)33)28-10-9-19(39-15(2)32)27(14-35-5)13-31-25(28)22(30)23(37-7)24(27)28/h13,18-26H,8-12,14H2,1-7H3/t18-,19-,20+,21-,22-,23+,24-,25-,26-,27+,28-,29+,30-/m1/s1. The number of esters is 3. The molecule has 5 aliphatic carbocycles. The van der Waals surface area contributed by atoms with Gasteiger partial charge in [-0.1, -0.05) is 0 Å². The van der Waals surface area contributed by atoms with Crippen LogP contribution in [0.25, 0.3) is 0 Å². The van der Waals surface area contributed by atoms with Gasteiger partial charge in [0.05, 0.1) is 29.8 Å². The van der Waals surface area contributed by atoms with Crippen LogP contribution in [0.2, 0.25) is 0 Å². The average Bonchev–Trinajstić information content (AvgIpc) is 3.24. The summed E-state index contributed by atoms with van der Waals surface area (Å²) in [6, 6.07) is -0.143. The maximum absolute atomic E-state index is 12.7. The van der Waals surface area contributed by atoms with Crippen LogP contribution in [0.3, 0.4) is 0 Å². The highest BCUT2D eigenvalue weighted by Gasteiger charge is 2.88. The molecular formula is C30H43NO10. The first kappa shape index (κ1) is 29.0. The zero-order valence-corrected chi connectivity index (χ0v) is 25.0. The summed E-state index contributed by atoms with van der Waals surface area (Å²) >= 11 is 0. The van der Waals surface area contributed by atoms with Crippen molar-refractivity contribution in [2.75, 3.05) is 34.5 Å². The summed E-state index contributed by atoms with van der Waals surface area (Å²) in [5, 5.41) is 0. The van der Waals surface area contributed by atoms with Crippen molar-refractivity contribution < 1.29 is 47.5 Å². The van der Waals surface area contributed by atoms with Crippen LogP contribution in [-0.4, -0.2) is 100 Å². The zero-order valence-electron chi connectivity index (χ0n) is 25.0. The number of hydrogen-bond donors (Lipinski definition) is 0. The Morgan fingerprint density at radius 2 is 1.63 bits per heavy atom. The number of nitrogens with zero attached hydrogens (tertiary/aromatic N) is 1. The maximum atomic E-state index is 12.7. The van der Waals surface area contributed by atoms with Crippen molar-refractivity contribution >= 4 is 24.1 Å². The molecule has 0 aromatic heterocycles. The summed E-state index contributed by atoms with van der Waals surface area (Å²) in [5.74, 6) is -1.94. The van der Waals surface area contributed by atoms with Crippen LogP contribution in [0, 0.1) is 34.5 Å². The van der Waals surface area contributed by atoms with Crippen LogP contribution in [0.1, 0.15) is 53.4 Å². The molecule has 5 fully saturated rings. The Morgan fingerprint density at radius 1 is 0.902 bits per heavy atom. The van der Waals surface area contributed by atoms with Crippen molar-refractivity contribution in [1.29, 1.82) is 0 Å². The monoisotopic (exact) mass is 577 g/mol. The number of hydrogen-bond acceptors (Lipinski definition) is 11. The minimum Gasteiger partial charge on any atom is -0.461 e. The lowest BCUT2D eigenvalue weighted by atomic mass is 9.45. The summed E-state index contributed by atoms with van der Waals surface area (Å²) in [5.41, 5.74) is -3.13. The van der Waals surface area contributed by atoms with E-state index in [9.17, 15) is 14.4 Å². The lowest BCUT2D eigenvalue weighted by Gasteiger charge is -2.63. The molecule has 228 valence electrons. The van der Waals surface area contributed by atoms with Crippen LogP contribution in [0.4, 0.5) is 0 Å². The largest absolute Gasteiger partial charge is 0.461 e.